The Balaban J connectivity index is 1.86. The monoisotopic (exact) mass is 294 g/mol. The number of hydrogen-bond donors (Lipinski definition) is 0. The van der Waals surface area contributed by atoms with Crippen molar-refractivity contribution >= 4 is 21.6 Å². The first-order valence-corrected chi connectivity index (χ1v) is 9.21. The van der Waals surface area contributed by atoms with E-state index in [9.17, 15) is 8.78 Å². The molecule has 4 heteroatoms. The van der Waals surface area contributed by atoms with E-state index in [2.05, 4.69) is 13.8 Å². The normalized spacial score (nSPS) is 46.0. The molecule has 0 aliphatic heterocycles. The molecular weight excluding hydrogens is 270 g/mol. The third kappa shape index (κ3) is 4.03. The molecule has 0 N–H and O–H groups in total. The lowest BCUT2D eigenvalue weighted by molar-refractivity contribution is 0.223. The second kappa shape index (κ2) is 5.90. The van der Waals surface area contributed by atoms with E-state index in [1.54, 1.807) is 0 Å². The molecule has 4 atom stereocenters. The van der Waals surface area contributed by atoms with Gasteiger partial charge in [-0.25, -0.2) is 8.78 Å². The van der Waals surface area contributed by atoms with Crippen LogP contribution >= 0.6 is 21.6 Å². The summed E-state index contributed by atoms with van der Waals surface area (Å²) in [5.74, 6) is 0. The summed E-state index contributed by atoms with van der Waals surface area (Å²) in [6, 6.07) is 0. The molecule has 0 bridgehead atoms. The third-order valence-electron chi connectivity index (χ3n) is 4.20. The Morgan fingerprint density at radius 1 is 0.833 bits per heavy atom. The van der Waals surface area contributed by atoms with Gasteiger partial charge in [0.1, 0.15) is 12.3 Å². The Hall–Kier alpha value is 0.560. The van der Waals surface area contributed by atoms with Crippen LogP contribution < -0.4 is 0 Å². The van der Waals surface area contributed by atoms with E-state index < -0.39 is 12.3 Å². The van der Waals surface area contributed by atoms with Crippen LogP contribution in [0.5, 0.6) is 0 Å². The van der Waals surface area contributed by atoms with E-state index in [0.717, 1.165) is 38.5 Å². The number of halogens is 2. The first kappa shape index (κ1) is 15.0. The molecule has 4 unspecified atom stereocenters. The molecule has 0 aromatic carbocycles. The van der Waals surface area contributed by atoms with Gasteiger partial charge >= 0.3 is 0 Å². The van der Waals surface area contributed by atoms with Crippen LogP contribution in [0.4, 0.5) is 8.78 Å². The Kier molecular flexibility index (Phi) is 4.91. The van der Waals surface area contributed by atoms with Crippen LogP contribution in [0.25, 0.3) is 0 Å². The van der Waals surface area contributed by atoms with Crippen molar-refractivity contribution in [3.63, 3.8) is 0 Å². The zero-order valence-corrected chi connectivity index (χ0v) is 13.0. The van der Waals surface area contributed by atoms with Gasteiger partial charge in [-0.05, 0) is 65.2 Å². The molecule has 2 aliphatic carbocycles. The molecule has 0 amide bonds. The summed E-state index contributed by atoms with van der Waals surface area (Å²) in [6.07, 6.45) is 5.70. The third-order valence-corrected chi connectivity index (χ3v) is 8.49. The summed E-state index contributed by atoms with van der Waals surface area (Å²) in [4.78, 5) is 0. The van der Waals surface area contributed by atoms with Crippen molar-refractivity contribution < 1.29 is 8.78 Å². The van der Waals surface area contributed by atoms with Crippen LogP contribution in [0.1, 0.15) is 65.2 Å². The zero-order chi connectivity index (χ0) is 13.2. The van der Waals surface area contributed by atoms with Gasteiger partial charge < -0.3 is 0 Å². The summed E-state index contributed by atoms with van der Waals surface area (Å²) in [6.45, 7) is 4.35. The Morgan fingerprint density at radius 3 is 1.56 bits per heavy atom. The van der Waals surface area contributed by atoms with Gasteiger partial charge in [-0.15, -0.1) is 0 Å². The van der Waals surface area contributed by atoms with Crippen molar-refractivity contribution in [3.8, 4) is 0 Å². The molecule has 2 fully saturated rings. The summed E-state index contributed by atoms with van der Waals surface area (Å²) in [7, 11) is 3.64. The minimum atomic E-state index is -0.634. The van der Waals surface area contributed by atoms with Crippen molar-refractivity contribution in [1.82, 2.24) is 0 Å². The van der Waals surface area contributed by atoms with Gasteiger partial charge in [0.25, 0.3) is 0 Å². The summed E-state index contributed by atoms with van der Waals surface area (Å²) in [5, 5.41) is 0. The molecule has 0 nitrogen and oxygen atoms in total. The van der Waals surface area contributed by atoms with Crippen LogP contribution in [0, 0.1) is 0 Å². The van der Waals surface area contributed by atoms with E-state index in [4.69, 9.17) is 0 Å². The van der Waals surface area contributed by atoms with Crippen LogP contribution in [-0.2, 0) is 0 Å². The summed E-state index contributed by atoms with van der Waals surface area (Å²) < 4.78 is 27.1. The van der Waals surface area contributed by atoms with E-state index >= 15 is 0 Å². The minimum absolute atomic E-state index is 0.0502. The highest BCUT2D eigenvalue weighted by Gasteiger charge is 2.38. The highest BCUT2D eigenvalue weighted by Crippen LogP contribution is 2.54. The predicted octanol–water partition coefficient (Wildman–Crippen LogP) is 5.71. The molecule has 0 aromatic heterocycles. The number of rotatable bonds is 3. The molecule has 106 valence electrons. The van der Waals surface area contributed by atoms with Gasteiger partial charge in [0.15, 0.2) is 0 Å². The minimum Gasteiger partial charge on any atom is -0.247 e. The van der Waals surface area contributed by atoms with E-state index in [1.165, 1.54) is 0 Å². The fraction of sp³-hybridized carbons (Fsp3) is 1.00. The molecule has 2 aliphatic rings. The van der Waals surface area contributed by atoms with Crippen molar-refractivity contribution in [3.05, 3.63) is 0 Å². The SMILES string of the molecule is CC1(SSC2(C)CCCC(F)C2)CCCC(F)C1. The fourth-order valence-corrected chi connectivity index (χ4v) is 6.56. The maximum atomic E-state index is 13.5. The lowest BCUT2D eigenvalue weighted by Gasteiger charge is -2.39. The van der Waals surface area contributed by atoms with E-state index in [-0.39, 0.29) is 9.49 Å². The highest BCUT2D eigenvalue weighted by molar-refractivity contribution is 8.77. The molecular formula is C14H24F2S2. The average molecular weight is 294 g/mol. The smallest absolute Gasteiger partial charge is 0.101 e. The average Bonchev–Trinajstić information content (AvgIpc) is 2.26. The zero-order valence-electron chi connectivity index (χ0n) is 11.4. The van der Waals surface area contributed by atoms with Crippen LogP contribution in [0.3, 0.4) is 0 Å². The lowest BCUT2D eigenvalue weighted by Crippen LogP contribution is -2.32. The standard InChI is InChI=1S/C14H24F2S2/c1-13(7-3-5-11(15)9-13)17-18-14(2)8-4-6-12(16)10-14/h11-12H,3-10H2,1-2H3. The molecule has 0 aromatic rings. The van der Waals surface area contributed by atoms with Crippen molar-refractivity contribution in [2.45, 2.75) is 87.1 Å². The molecule has 0 spiro atoms. The molecule has 18 heavy (non-hydrogen) atoms. The van der Waals surface area contributed by atoms with E-state index in [1.807, 2.05) is 21.6 Å². The van der Waals surface area contributed by atoms with Gasteiger partial charge in [0.05, 0.1) is 0 Å². The molecule has 0 heterocycles. The first-order valence-electron chi connectivity index (χ1n) is 7.06. The Bertz CT molecular complexity index is 259. The molecule has 2 saturated carbocycles. The fourth-order valence-electron chi connectivity index (χ4n) is 3.09. The van der Waals surface area contributed by atoms with Crippen LogP contribution in [0.2, 0.25) is 0 Å². The van der Waals surface area contributed by atoms with Gasteiger partial charge in [-0.1, -0.05) is 21.6 Å². The van der Waals surface area contributed by atoms with E-state index in [0.29, 0.717) is 12.8 Å². The summed E-state index contributed by atoms with van der Waals surface area (Å²) >= 11 is 0. The van der Waals surface area contributed by atoms with Gasteiger partial charge in [0.2, 0.25) is 0 Å². The predicted molar refractivity (Wildman–Crippen MR) is 78.7 cm³/mol. The number of hydrogen-bond acceptors (Lipinski definition) is 2. The quantitative estimate of drug-likeness (QED) is 0.611. The van der Waals surface area contributed by atoms with Gasteiger partial charge in [-0.2, -0.15) is 0 Å². The Labute approximate surface area is 117 Å². The maximum Gasteiger partial charge on any atom is 0.101 e. The second-order valence-electron chi connectivity index (χ2n) is 6.45. The first-order chi connectivity index (χ1) is 8.41. The largest absolute Gasteiger partial charge is 0.247 e. The molecule has 0 saturated heterocycles. The van der Waals surface area contributed by atoms with Gasteiger partial charge in [-0.3, -0.25) is 0 Å². The topological polar surface area (TPSA) is 0 Å². The highest BCUT2D eigenvalue weighted by atomic mass is 33.1. The molecule has 0 radical (unpaired) electrons. The van der Waals surface area contributed by atoms with Crippen molar-refractivity contribution in [2.24, 2.45) is 0 Å². The van der Waals surface area contributed by atoms with Crippen molar-refractivity contribution in [2.75, 3.05) is 0 Å². The van der Waals surface area contributed by atoms with Crippen molar-refractivity contribution in [1.29, 1.82) is 0 Å². The van der Waals surface area contributed by atoms with Crippen LogP contribution in [-0.4, -0.2) is 21.8 Å². The maximum absolute atomic E-state index is 13.5. The Morgan fingerprint density at radius 2 is 1.22 bits per heavy atom. The van der Waals surface area contributed by atoms with Gasteiger partial charge in [0, 0.05) is 9.49 Å². The lowest BCUT2D eigenvalue weighted by atomic mass is 9.88. The second-order valence-corrected chi connectivity index (χ2v) is 9.76. The van der Waals surface area contributed by atoms with Crippen LogP contribution in [0.15, 0.2) is 0 Å². The summed E-state index contributed by atoms with van der Waals surface area (Å²) in [5.41, 5.74) is 0. The number of alkyl halides is 2. The molecule has 2 rings (SSSR count).